The summed E-state index contributed by atoms with van der Waals surface area (Å²) >= 11 is 0. The number of phenols is 2. The molecular formula is C40H32N2O2. The molecule has 0 saturated heterocycles. The number of hydrogen-bond acceptors (Lipinski definition) is 4. The second kappa shape index (κ2) is 13.5. The van der Waals surface area contributed by atoms with Crippen LogP contribution in [0.3, 0.4) is 0 Å². The minimum absolute atomic E-state index is 0.154. The van der Waals surface area contributed by atoms with Gasteiger partial charge in [0.15, 0.2) is 0 Å². The molecule has 214 valence electrons. The maximum Gasteiger partial charge on any atom is 0.124 e. The number of para-hydroxylation sites is 2. The summed E-state index contributed by atoms with van der Waals surface area (Å²) < 4.78 is 0. The van der Waals surface area contributed by atoms with Crippen LogP contribution in [0.15, 0.2) is 180 Å². The van der Waals surface area contributed by atoms with Gasteiger partial charge in [-0.2, -0.15) is 0 Å². The standard InChI is InChI=1S/C40H32N2O2/c43-35-27-15-13-25-33(35)37(29-17-5-1-6-18-29)41-39(31-21-9-3-10-22-31)40(32-23-11-4-12-24-32)42-38(30-19-7-2-8-20-30)34-26-14-16-28-36(34)44/h1-28,39-40,43-44H/t39-,40-/m1/s1. The zero-order valence-corrected chi connectivity index (χ0v) is 24.1. The zero-order valence-electron chi connectivity index (χ0n) is 24.1. The molecule has 0 radical (unpaired) electrons. The highest BCUT2D eigenvalue weighted by atomic mass is 16.3. The smallest absolute Gasteiger partial charge is 0.124 e. The first-order valence-electron chi connectivity index (χ1n) is 14.6. The Labute approximate surface area is 258 Å². The van der Waals surface area contributed by atoms with E-state index in [9.17, 15) is 10.2 Å². The number of benzene rings is 6. The molecule has 0 bridgehead atoms. The van der Waals surface area contributed by atoms with Crippen molar-refractivity contribution in [3.8, 4) is 11.5 Å². The van der Waals surface area contributed by atoms with Crippen molar-refractivity contribution in [2.75, 3.05) is 0 Å². The van der Waals surface area contributed by atoms with Crippen molar-refractivity contribution in [2.24, 2.45) is 9.98 Å². The van der Waals surface area contributed by atoms with E-state index in [-0.39, 0.29) is 11.5 Å². The lowest BCUT2D eigenvalue weighted by atomic mass is 9.91. The molecule has 0 spiro atoms. The van der Waals surface area contributed by atoms with E-state index in [0.717, 1.165) is 22.3 Å². The molecule has 0 aliphatic rings. The van der Waals surface area contributed by atoms with Crippen LogP contribution in [0.25, 0.3) is 0 Å². The molecule has 4 heteroatoms. The molecule has 0 saturated carbocycles. The molecule has 2 N–H and O–H groups in total. The molecule has 0 heterocycles. The summed E-state index contributed by atoms with van der Waals surface area (Å²) in [6.07, 6.45) is 0. The van der Waals surface area contributed by atoms with E-state index in [1.807, 2.05) is 133 Å². The van der Waals surface area contributed by atoms with Crippen LogP contribution in [-0.4, -0.2) is 21.6 Å². The van der Waals surface area contributed by atoms with Gasteiger partial charge in [0.05, 0.1) is 11.4 Å². The Kier molecular flexibility index (Phi) is 8.70. The van der Waals surface area contributed by atoms with Crippen molar-refractivity contribution >= 4 is 11.4 Å². The Morgan fingerprint density at radius 2 is 0.659 bits per heavy atom. The Bertz CT molecular complexity index is 1730. The average Bonchev–Trinajstić information content (AvgIpc) is 3.09. The molecule has 2 atom stereocenters. The Morgan fingerprint density at radius 1 is 0.364 bits per heavy atom. The largest absolute Gasteiger partial charge is 0.507 e. The quantitative estimate of drug-likeness (QED) is 0.170. The second-order valence-corrected chi connectivity index (χ2v) is 10.4. The summed E-state index contributed by atoms with van der Waals surface area (Å²) in [5.41, 5.74) is 6.32. The predicted molar refractivity (Wildman–Crippen MR) is 179 cm³/mol. The molecular weight excluding hydrogens is 540 g/mol. The highest BCUT2D eigenvalue weighted by Crippen LogP contribution is 2.39. The van der Waals surface area contributed by atoms with Crippen LogP contribution >= 0.6 is 0 Å². The molecule has 6 aromatic carbocycles. The summed E-state index contributed by atoms with van der Waals surface area (Å²) in [5, 5.41) is 22.0. The molecule has 0 unspecified atom stereocenters. The minimum Gasteiger partial charge on any atom is -0.507 e. The SMILES string of the molecule is Oc1ccccc1C(=N[C@H](c1ccccc1)[C@H](N=C(c1ccccc1)c1ccccc1O)c1ccccc1)c1ccccc1. The molecule has 0 aliphatic carbocycles. The predicted octanol–water partition coefficient (Wildman–Crippen LogP) is 8.96. The van der Waals surface area contributed by atoms with E-state index < -0.39 is 12.1 Å². The van der Waals surface area contributed by atoms with Crippen molar-refractivity contribution in [1.29, 1.82) is 0 Å². The molecule has 6 rings (SSSR count). The van der Waals surface area contributed by atoms with Gasteiger partial charge in [-0.3, -0.25) is 9.98 Å². The first-order valence-corrected chi connectivity index (χ1v) is 14.6. The summed E-state index contributed by atoms with van der Waals surface area (Å²) in [5.74, 6) is 0.307. The third-order valence-corrected chi connectivity index (χ3v) is 7.53. The number of phenolic OH excluding ortho intramolecular Hbond substituents is 2. The van der Waals surface area contributed by atoms with E-state index >= 15 is 0 Å². The van der Waals surface area contributed by atoms with Crippen molar-refractivity contribution in [3.05, 3.63) is 203 Å². The average molecular weight is 573 g/mol. The van der Waals surface area contributed by atoms with Gasteiger partial charge in [0.25, 0.3) is 0 Å². The van der Waals surface area contributed by atoms with Gasteiger partial charge in [0, 0.05) is 22.3 Å². The second-order valence-electron chi connectivity index (χ2n) is 10.4. The van der Waals surface area contributed by atoms with Crippen LogP contribution in [0.5, 0.6) is 11.5 Å². The van der Waals surface area contributed by atoms with Gasteiger partial charge in [0.1, 0.15) is 23.6 Å². The van der Waals surface area contributed by atoms with Gasteiger partial charge in [-0.1, -0.05) is 146 Å². The third-order valence-electron chi connectivity index (χ3n) is 7.53. The summed E-state index contributed by atoms with van der Waals surface area (Å²) in [4.78, 5) is 10.9. The topological polar surface area (TPSA) is 65.2 Å². The number of aliphatic imine (C=N–C) groups is 2. The molecule has 0 amide bonds. The van der Waals surface area contributed by atoms with E-state index in [1.165, 1.54) is 0 Å². The highest BCUT2D eigenvalue weighted by Gasteiger charge is 2.27. The maximum absolute atomic E-state index is 11.0. The lowest BCUT2D eigenvalue weighted by molar-refractivity contribution is 0.473. The molecule has 44 heavy (non-hydrogen) atoms. The number of nitrogens with zero attached hydrogens (tertiary/aromatic N) is 2. The number of aromatic hydroxyl groups is 2. The number of hydrogen-bond donors (Lipinski definition) is 2. The fraction of sp³-hybridized carbons (Fsp3) is 0.0500. The first-order chi connectivity index (χ1) is 21.7. The summed E-state index contributed by atoms with van der Waals surface area (Å²) in [6.45, 7) is 0. The Hall–Kier alpha value is -5.74. The van der Waals surface area contributed by atoms with E-state index in [4.69, 9.17) is 9.98 Å². The number of rotatable bonds is 9. The van der Waals surface area contributed by atoms with Crippen molar-refractivity contribution in [2.45, 2.75) is 12.1 Å². The maximum atomic E-state index is 11.0. The van der Waals surface area contributed by atoms with Gasteiger partial charge in [0.2, 0.25) is 0 Å². The van der Waals surface area contributed by atoms with E-state index in [2.05, 4.69) is 24.3 Å². The zero-order chi connectivity index (χ0) is 30.1. The molecule has 0 fully saturated rings. The molecule has 0 aromatic heterocycles. The monoisotopic (exact) mass is 572 g/mol. The van der Waals surface area contributed by atoms with Gasteiger partial charge in [-0.15, -0.1) is 0 Å². The fourth-order valence-electron chi connectivity index (χ4n) is 5.37. The van der Waals surface area contributed by atoms with Gasteiger partial charge >= 0.3 is 0 Å². The molecule has 4 nitrogen and oxygen atoms in total. The Morgan fingerprint density at radius 3 is 1.00 bits per heavy atom. The lowest BCUT2D eigenvalue weighted by Gasteiger charge is -2.25. The highest BCUT2D eigenvalue weighted by molar-refractivity contribution is 6.15. The first kappa shape index (κ1) is 28.4. The van der Waals surface area contributed by atoms with Crippen molar-refractivity contribution < 1.29 is 10.2 Å². The third kappa shape index (κ3) is 6.35. The van der Waals surface area contributed by atoms with Crippen LogP contribution in [0.4, 0.5) is 0 Å². The van der Waals surface area contributed by atoms with Gasteiger partial charge < -0.3 is 10.2 Å². The van der Waals surface area contributed by atoms with Crippen molar-refractivity contribution in [1.82, 2.24) is 0 Å². The Balaban J connectivity index is 1.65. The van der Waals surface area contributed by atoms with Crippen LogP contribution in [0.2, 0.25) is 0 Å². The molecule has 0 aliphatic heterocycles. The van der Waals surface area contributed by atoms with E-state index in [1.54, 1.807) is 12.1 Å². The van der Waals surface area contributed by atoms with Crippen LogP contribution in [0.1, 0.15) is 45.5 Å². The van der Waals surface area contributed by atoms with Gasteiger partial charge in [-0.05, 0) is 35.4 Å². The summed E-state index contributed by atoms with van der Waals surface area (Å²) in [6, 6.07) is 53.7. The van der Waals surface area contributed by atoms with Crippen LogP contribution < -0.4 is 0 Å². The summed E-state index contributed by atoms with van der Waals surface area (Å²) in [7, 11) is 0. The normalized spacial score (nSPS) is 13.3. The molecule has 6 aromatic rings. The van der Waals surface area contributed by atoms with Crippen LogP contribution in [-0.2, 0) is 0 Å². The van der Waals surface area contributed by atoms with Crippen LogP contribution in [0, 0.1) is 0 Å². The lowest BCUT2D eigenvalue weighted by Crippen LogP contribution is -2.16. The van der Waals surface area contributed by atoms with Gasteiger partial charge in [-0.25, -0.2) is 0 Å². The minimum atomic E-state index is -0.488. The fourth-order valence-corrected chi connectivity index (χ4v) is 5.37. The van der Waals surface area contributed by atoms with E-state index in [0.29, 0.717) is 22.6 Å². The van der Waals surface area contributed by atoms with Crippen molar-refractivity contribution in [3.63, 3.8) is 0 Å².